The highest BCUT2D eigenvalue weighted by atomic mass is 19.1. The molecule has 0 aromatic heterocycles. The first-order valence-electron chi connectivity index (χ1n) is 5.37. The van der Waals surface area contributed by atoms with Crippen molar-refractivity contribution >= 4 is 11.6 Å². The number of aryl methyl sites for hydroxylation is 1. The molecule has 3 N–H and O–H groups in total. The molecule has 1 aromatic carbocycles. The second-order valence-corrected chi connectivity index (χ2v) is 3.85. The fourth-order valence-corrected chi connectivity index (χ4v) is 1.35. The van der Waals surface area contributed by atoms with Crippen LogP contribution in [-0.4, -0.2) is 11.9 Å². The number of carbonyl (C=O) groups is 1. The van der Waals surface area contributed by atoms with E-state index < -0.39 is 6.04 Å². The third-order valence-corrected chi connectivity index (χ3v) is 2.38. The summed E-state index contributed by atoms with van der Waals surface area (Å²) in [6.45, 7) is 3.63. The maximum atomic E-state index is 13.2. The predicted octanol–water partition coefficient (Wildman–Crippen LogP) is 2.20. The lowest BCUT2D eigenvalue weighted by Gasteiger charge is -2.11. The number of nitrogens with one attached hydrogen (secondary N) is 1. The van der Waals surface area contributed by atoms with Crippen molar-refractivity contribution in [3.05, 3.63) is 29.6 Å². The van der Waals surface area contributed by atoms with E-state index in [2.05, 4.69) is 5.32 Å². The number of hydrogen-bond donors (Lipinski definition) is 2. The van der Waals surface area contributed by atoms with Crippen LogP contribution < -0.4 is 11.1 Å². The zero-order valence-corrected chi connectivity index (χ0v) is 9.59. The van der Waals surface area contributed by atoms with Gasteiger partial charge in [-0.15, -0.1) is 0 Å². The van der Waals surface area contributed by atoms with E-state index in [1.807, 2.05) is 6.92 Å². The minimum absolute atomic E-state index is 0.273. The van der Waals surface area contributed by atoms with Crippen molar-refractivity contribution < 1.29 is 9.18 Å². The van der Waals surface area contributed by atoms with Crippen molar-refractivity contribution in [1.29, 1.82) is 0 Å². The molecule has 0 saturated carbocycles. The number of nitrogens with two attached hydrogens (primary N) is 1. The Bertz CT molecular complexity index is 379. The molecule has 3 nitrogen and oxygen atoms in total. The Morgan fingerprint density at radius 2 is 2.25 bits per heavy atom. The van der Waals surface area contributed by atoms with Crippen LogP contribution in [-0.2, 0) is 4.79 Å². The second-order valence-electron chi connectivity index (χ2n) is 3.85. The molecule has 0 saturated heterocycles. The first kappa shape index (κ1) is 12.6. The summed E-state index contributed by atoms with van der Waals surface area (Å²) in [5.41, 5.74) is 6.63. The molecule has 0 fully saturated rings. The van der Waals surface area contributed by atoms with E-state index in [1.165, 1.54) is 6.07 Å². The zero-order valence-electron chi connectivity index (χ0n) is 9.59. The molecule has 16 heavy (non-hydrogen) atoms. The number of benzene rings is 1. The average molecular weight is 224 g/mol. The fraction of sp³-hybridized carbons (Fsp3) is 0.417. The van der Waals surface area contributed by atoms with Gasteiger partial charge in [-0.3, -0.25) is 4.79 Å². The maximum Gasteiger partial charge on any atom is 0.241 e. The van der Waals surface area contributed by atoms with Crippen LogP contribution >= 0.6 is 0 Å². The molecule has 1 amide bonds. The van der Waals surface area contributed by atoms with Gasteiger partial charge in [0.1, 0.15) is 5.82 Å². The number of carbonyl (C=O) groups excluding carboxylic acids is 1. The molecule has 0 aliphatic heterocycles. The van der Waals surface area contributed by atoms with Gasteiger partial charge in [0.05, 0.1) is 6.04 Å². The van der Waals surface area contributed by atoms with E-state index in [0.29, 0.717) is 17.7 Å². The lowest BCUT2D eigenvalue weighted by molar-refractivity contribution is -0.117. The Morgan fingerprint density at radius 1 is 1.56 bits per heavy atom. The summed E-state index contributed by atoms with van der Waals surface area (Å²) < 4.78 is 13.2. The van der Waals surface area contributed by atoms with Gasteiger partial charge >= 0.3 is 0 Å². The molecule has 1 rings (SSSR count). The maximum absolute atomic E-state index is 13.2. The molecule has 0 aliphatic rings. The number of anilines is 1. The Morgan fingerprint density at radius 3 is 2.81 bits per heavy atom. The largest absolute Gasteiger partial charge is 0.325 e. The van der Waals surface area contributed by atoms with Crippen molar-refractivity contribution in [2.24, 2.45) is 5.73 Å². The van der Waals surface area contributed by atoms with Crippen LogP contribution in [0.15, 0.2) is 18.2 Å². The topological polar surface area (TPSA) is 55.1 Å². The summed E-state index contributed by atoms with van der Waals surface area (Å²) in [6.07, 6.45) is 1.47. The third-order valence-electron chi connectivity index (χ3n) is 2.38. The van der Waals surface area contributed by atoms with Gasteiger partial charge in [-0.05, 0) is 31.0 Å². The van der Waals surface area contributed by atoms with Gasteiger partial charge in [-0.25, -0.2) is 4.39 Å². The Balaban J connectivity index is 2.66. The number of rotatable bonds is 4. The molecular formula is C12H17FN2O. The number of halogens is 1. The van der Waals surface area contributed by atoms with Gasteiger partial charge in [0.15, 0.2) is 0 Å². The van der Waals surface area contributed by atoms with Gasteiger partial charge in [-0.2, -0.15) is 0 Å². The van der Waals surface area contributed by atoms with Crippen LogP contribution in [0.4, 0.5) is 10.1 Å². The average Bonchev–Trinajstić information content (AvgIpc) is 2.24. The summed E-state index contributed by atoms with van der Waals surface area (Å²) in [4.78, 5) is 11.5. The standard InChI is InChI=1S/C12H17FN2O/c1-3-4-11(14)12(16)15-9-6-5-8(2)10(13)7-9/h5-7,11H,3-4,14H2,1-2H3,(H,15,16). The summed E-state index contributed by atoms with van der Waals surface area (Å²) in [6, 6.07) is 4.05. The fourth-order valence-electron chi connectivity index (χ4n) is 1.35. The second kappa shape index (κ2) is 5.61. The highest BCUT2D eigenvalue weighted by Crippen LogP contribution is 2.13. The smallest absolute Gasteiger partial charge is 0.241 e. The molecule has 0 spiro atoms. The third kappa shape index (κ3) is 3.31. The zero-order chi connectivity index (χ0) is 12.1. The summed E-state index contributed by atoms with van der Waals surface area (Å²) in [5.74, 6) is -0.605. The van der Waals surface area contributed by atoms with Crippen molar-refractivity contribution in [2.45, 2.75) is 32.7 Å². The Hall–Kier alpha value is -1.42. The van der Waals surface area contributed by atoms with Gasteiger partial charge < -0.3 is 11.1 Å². The van der Waals surface area contributed by atoms with E-state index in [1.54, 1.807) is 19.1 Å². The molecule has 0 radical (unpaired) electrons. The normalized spacial score (nSPS) is 12.2. The molecule has 0 heterocycles. The highest BCUT2D eigenvalue weighted by Gasteiger charge is 2.12. The summed E-state index contributed by atoms with van der Waals surface area (Å²) in [7, 11) is 0. The van der Waals surface area contributed by atoms with Crippen molar-refractivity contribution in [3.8, 4) is 0 Å². The molecule has 1 unspecified atom stereocenters. The highest BCUT2D eigenvalue weighted by molar-refractivity contribution is 5.94. The van der Waals surface area contributed by atoms with Crippen LogP contribution in [0.3, 0.4) is 0 Å². The lowest BCUT2D eigenvalue weighted by Crippen LogP contribution is -2.35. The van der Waals surface area contributed by atoms with Gasteiger partial charge in [0.25, 0.3) is 0 Å². The molecule has 0 aliphatic carbocycles. The summed E-state index contributed by atoms with van der Waals surface area (Å²) in [5, 5.41) is 2.59. The first-order chi connectivity index (χ1) is 7.54. The van der Waals surface area contributed by atoms with E-state index in [0.717, 1.165) is 6.42 Å². The van der Waals surface area contributed by atoms with Crippen molar-refractivity contribution in [2.75, 3.05) is 5.32 Å². The minimum atomic E-state index is -0.533. The molecule has 1 atom stereocenters. The van der Waals surface area contributed by atoms with E-state index >= 15 is 0 Å². The SMILES string of the molecule is CCCC(N)C(=O)Nc1ccc(C)c(F)c1. The number of amides is 1. The first-order valence-corrected chi connectivity index (χ1v) is 5.37. The molecule has 88 valence electrons. The van der Waals surface area contributed by atoms with Crippen molar-refractivity contribution in [3.63, 3.8) is 0 Å². The van der Waals surface area contributed by atoms with E-state index in [-0.39, 0.29) is 11.7 Å². The van der Waals surface area contributed by atoms with Gasteiger partial charge in [-0.1, -0.05) is 19.4 Å². The van der Waals surface area contributed by atoms with Crippen LogP contribution in [0.25, 0.3) is 0 Å². The Labute approximate surface area is 94.8 Å². The van der Waals surface area contributed by atoms with E-state index in [9.17, 15) is 9.18 Å². The predicted molar refractivity (Wildman–Crippen MR) is 62.7 cm³/mol. The van der Waals surface area contributed by atoms with Gasteiger partial charge in [0.2, 0.25) is 5.91 Å². The van der Waals surface area contributed by atoms with Crippen LogP contribution in [0.5, 0.6) is 0 Å². The summed E-state index contributed by atoms with van der Waals surface area (Å²) >= 11 is 0. The van der Waals surface area contributed by atoms with E-state index in [4.69, 9.17) is 5.73 Å². The molecular weight excluding hydrogens is 207 g/mol. The van der Waals surface area contributed by atoms with Crippen LogP contribution in [0.1, 0.15) is 25.3 Å². The lowest BCUT2D eigenvalue weighted by atomic mass is 10.1. The van der Waals surface area contributed by atoms with Crippen LogP contribution in [0.2, 0.25) is 0 Å². The van der Waals surface area contributed by atoms with Crippen LogP contribution in [0, 0.1) is 12.7 Å². The quantitative estimate of drug-likeness (QED) is 0.823. The Kier molecular flexibility index (Phi) is 4.43. The number of hydrogen-bond acceptors (Lipinski definition) is 2. The van der Waals surface area contributed by atoms with Gasteiger partial charge in [0, 0.05) is 5.69 Å². The molecule has 1 aromatic rings. The minimum Gasteiger partial charge on any atom is -0.325 e. The molecule has 4 heteroatoms. The van der Waals surface area contributed by atoms with Crippen molar-refractivity contribution in [1.82, 2.24) is 0 Å². The molecule has 0 bridgehead atoms. The monoisotopic (exact) mass is 224 g/mol.